The van der Waals surface area contributed by atoms with Crippen molar-refractivity contribution in [3.63, 3.8) is 0 Å². The number of hydrogen-bond donors (Lipinski definition) is 0. The minimum Gasteiger partial charge on any atom is -0.0654 e. The normalized spacial score (nSPS) is 16.4. The molecule has 0 bridgehead atoms. The molecule has 1 heteroatoms. The van der Waals surface area contributed by atoms with Crippen molar-refractivity contribution in [3.05, 3.63) is 35.1 Å². The van der Waals surface area contributed by atoms with E-state index in [2.05, 4.69) is 44.2 Å². The number of rotatable bonds is 8. The summed E-state index contributed by atoms with van der Waals surface area (Å²) in [7, 11) is 1.45. The van der Waals surface area contributed by atoms with Gasteiger partial charge in [0.2, 0.25) is 0 Å². The molecule has 1 aromatic carbocycles. The molecular formula is C18H26P. The van der Waals surface area contributed by atoms with Gasteiger partial charge in [0.25, 0.3) is 0 Å². The lowest BCUT2D eigenvalue weighted by molar-refractivity contribution is 0.540. The van der Waals surface area contributed by atoms with Gasteiger partial charge in [-0.2, -0.15) is 0 Å². The fourth-order valence-electron chi connectivity index (χ4n) is 2.67. The highest BCUT2D eigenvalue weighted by Gasteiger charge is 2.17. The lowest BCUT2D eigenvalue weighted by Gasteiger charge is -2.12. The summed E-state index contributed by atoms with van der Waals surface area (Å²) in [6.45, 7) is 4.68. The molecule has 103 valence electrons. The van der Waals surface area contributed by atoms with E-state index in [-0.39, 0.29) is 0 Å². The maximum Gasteiger partial charge on any atom is -0.00768 e. The van der Waals surface area contributed by atoms with Crippen molar-refractivity contribution in [2.45, 2.75) is 58.8 Å². The van der Waals surface area contributed by atoms with Gasteiger partial charge in [0.15, 0.2) is 0 Å². The van der Waals surface area contributed by atoms with Crippen molar-refractivity contribution in [1.29, 1.82) is 0 Å². The van der Waals surface area contributed by atoms with E-state index in [1.54, 1.807) is 5.31 Å². The van der Waals surface area contributed by atoms with E-state index in [1.807, 2.05) is 0 Å². The zero-order chi connectivity index (χ0) is 13.5. The molecule has 0 nitrogen and oxygen atoms in total. The standard InChI is InChI=1S/C18H26P/c1-3-4-5-6-7-8-11-15(2)18-14-16-12-9-10-13-17(16)19-18/h9-10,12-15H,3-8,11H2,1-2H3. The molecule has 0 saturated heterocycles. The molecule has 0 spiro atoms. The van der Waals surface area contributed by atoms with Crippen LogP contribution in [0.1, 0.15) is 64.4 Å². The minimum atomic E-state index is 0.750. The second-order valence-electron chi connectivity index (χ2n) is 5.70. The van der Waals surface area contributed by atoms with Gasteiger partial charge in [-0.3, -0.25) is 0 Å². The number of hydrogen-bond acceptors (Lipinski definition) is 0. The van der Waals surface area contributed by atoms with Gasteiger partial charge in [0, 0.05) is 0 Å². The van der Waals surface area contributed by atoms with Gasteiger partial charge < -0.3 is 0 Å². The molecule has 1 aliphatic heterocycles. The highest BCUT2D eigenvalue weighted by molar-refractivity contribution is 7.53. The summed E-state index contributed by atoms with van der Waals surface area (Å²) in [6, 6.07) is 8.80. The summed E-state index contributed by atoms with van der Waals surface area (Å²) in [6.07, 6.45) is 12.2. The van der Waals surface area contributed by atoms with Crippen LogP contribution in [-0.4, -0.2) is 0 Å². The summed E-state index contributed by atoms with van der Waals surface area (Å²) >= 11 is 0. The molecule has 0 aliphatic carbocycles. The summed E-state index contributed by atoms with van der Waals surface area (Å²) in [5.41, 5.74) is 1.44. The van der Waals surface area contributed by atoms with Gasteiger partial charge >= 0.3 is 0 Å². The van der Waals surface area contributed by atoms with E-state index in [4.69, 9.17) is 0 Å². The number of unbranched alkanes of at least 4 members (excludes halogenated alkanes) is 5. The average molecular weight is 273 g/mol. The number of fused-ring (bicyclic) bond motifs is 1. The number of benzene rings is 1. The first kappa shape index (κ1) is 14.8. The van der Waals surface area contributed by atoms with Crippen LogP contribution in [0, 0.1) is 5.92 Å². The van der Waals surface area contributed by atoms with E-state index >= 15 is 0 Å². The van der Waals surface area contributed by atoms with E-state index in [0.29, 0.717) is 0 Å². The summed E-state index contributed by atoms with van der Waals surface area (Å²) < 4.78 is 0. The lowest BCUT2D eigenvalue weighted by Crippen LogP contribution is -1.96. The van der Waals surface area contributed by atoms with E-state index in [9.17, 15) is 0 Å². The van der Waals surface area contributed by atoms with Crippen molar-refractivity contribution in [1.82, 2.24) is 0 Å². The van der Waals surface area contributed by atoms with Crippen LogP contribution < -0.4 is 5.30 Å². The predicted molar refractivity (Wildman–Crippen MR) is 88.1 cm³/mol. The Morgan fingerprint density at radius 3 is 2.53 bits per heavy atom. The van der Waals surface area contributed by atoms with Crippen molar-refractivity contribution in [2.24, 2.45) is 5.92 Å². The highest BCUT2D eigenvalue weighted by atomic mass is 31.1. The van der Waals surface area contributed by atoms with Crippen molar-refractivity contribution < 1.29 is 0 Å². The first-order valence-electron chi connectivity index (χ1n) is 7.83. The second-order valence-corrected chi connectivity index (χ2v) is 6.92. The van der Waals surface area contributed by atoms with Crippen LogP contribution in [0.3, 0.4) is 0 Å². The highest BCUT2D eigenvalue weighted by Crippen LogP contribution is 2.39. The van der Waals surface area contributed by atoms with Crippen LogP contribution in [0.25, 0.3) is 6.08 Å². The third-order valence-electron chi connectivity index (χ3n) is 3.99. The molecule has 1 heterocycles. The fourth-order valence-corrected chi connectivity index (χ4v) is 3.93. The molecular weight excluding hydrogens is 247 g/mol. The maximum absolute atomic E-state index is 2.42. The van der Waals surface area contributed by atoms with Gasteiger partial charge in [0.1, 0.15) is 0 Å². The first-order valence-corrected chi connectivity index (χ1v) is 8.73. The Labute approximate surface area is 120 Å². The molecule has 1 unspecified atom stereocenters. The van der Waals surface area contributed by atoms with Crippen molar-refractivity contribution in [3.8, 4) is 0 Å². The van der Waals surface area contributed by atoms with Gasteiger partial charge in [-0.1, -0.05) is 76.6 Å². The molecule has 1 atom stereocenters. The molecule has 0 aromatic heterocycles. The fraction of sp³-hybridized carbons (Fsp3) is 0.556. The summed E-state index contributed by atoms with van der Waals surface area (Å²) in [5.74, 6) is 0.750. The van der Waals surface area contributed by atoms with Crippen LogP contribution >= 0.6 is 8.58 Å². The molecule has 0 saturated carbocycles. The topological polar surface area (TPSA) is 0 Å². The van der Waals surface area contributed by atoms with E-state index in [1.165, 1.54) is 64.4 Å². The Morgan fingerprint density at radius 1 is 1.00 bits per heavy atom. The minimum absolute atomic E-state index is 0.750. The van der Waals surface area contributed by atoms with Crippen molar-refractivity contribution in [2.75, 3.05) is 0 Å². The summed E-state index contributed by atoms with van der Waals surface area (Å²) in [5, 5.41) is 3.11. The van der Waals surface area contributed by atoms with Gasteiger partial charge in [-0.05, 0) is 43.2 Å². The molecule has 0 amide bonds. The van der Waals surface area contributed by atoms with E-state index < -0.39 is 0 Å². The molecule has 2 rings (SSSR count). The first-order chi connectivity index (χ1) is 9.31. The second kappa shape index (κ2) is 7.85. The SMILES string of the molecule is CCCCCCCCC(C)C1=Cc2ccccc2[P]1. The zero-order valence-electron chi connectivity index (χ0n) is 12.4. The molecule has 0 fully saturated rings. The van der Waals surface area contributed by atoms with Crippen LogP contribution in [0.4, 0.5) is 0 Å². The monoisotopic (exact) mass is 273 g/mol. The molecule has 1 aromatic rings. The van der Waals surface area contributed by atoms with Gasteiger partial charge in [-0.15, -0.1) is 0 Å². The van der Waals surface area contributed by atoms with Gasteiger partial charge in [0.05, 0.1) is 0 Å². The van der Waals surface area contributed by atoms with Gasteiger partial charge in [-0.25, -0.2) is 0 Å². The van der Waals surface area contributed by atoms with Crippen LogP contribution in [0.15, 0.2) is 29.6 Å². The Morgan fingerprint density at radius 2 is 1.74 bits per heavy atom. The average Bonchev–Trinajstić information content (AvgIpc) is 2.86. The number of allylic oxidation sites excluding steroid dienone is 1. The largest absolute Gasteiger partial charge is 0.0654 e. The lowest BCUT2D eigenvalue weighted by atomic mass is 10.0. The maximum atomic E-state index is 2.42. The van der Waals surface area contributed by atoms with Crippen LogP contribution in [0.2, 0.25) is 0 Å². The molecule has 0 N–H and O–H groups in total. The molecule has 19 heavy (non-hydrogen) atoms. The Kier molecular flexibility index (Phi) is 6.11. The third-order valence-corrected chi connectivity index (χ3v) is 5.46. The Bertz CT molecular complexity index is 419. The zero-order valence-corrected chi connectivity index (χ0v) is 13.3. The molecule has 1 aliphatic rings. The van der Waals surface area contributed by atoms with Crippen LogP contribution in [-0.2, 0) is 0 Å². The third kappa shape index (κ3) is 4.46. The van der Waals surface area contributed by atoms with E-state index in [0.717, 1.165) is 5.92 Å². The quantitative estimate of drug-likeness (QED) is 0.402. The Hall–Kier alpha value is -0.610. The smallest absolute Gasteiger partial charge is 0.00768 e. The Balaban J connectivity index is 1.69. The summed E-state index contributed by atoms with van der Waals surface area (Å²) in [4.78, 5) is 0. The molecule has 1 radical (unpaired) electrons. The van der Waals surface area contributed by atoms with Crippen LogP contribution in [0.5, 0.6) is 0 Å². The predicted octanol–water partition coefficient (Wildman–Crippen LogP) is 6.00. The van der Waals surface area contributed by atoms with Crippen molar-refractivity contribution >= 4 is 20.0 Å².